The number of imidazole rings is 1. The summed E-state index contributed by atoms with van der Waals surface area (Å²) in [7, 11) is 0. The van der Waals surface area contributed by atoms with E-state index >= 15 is 0 Å². The molecule has 1 saturated heterocycles. The molecule has 8 nitrogen and oxygen atoms in total. The monoisotopic (exact) mass is 411 g/mol. The first-order valence-electron chi connectivity index (χ1n) is 11.2. The lowest BCUT2D eigenvalue weighted by Gasteiger charge is -2.34. The van der Waals surface area contributed by atoms with Gasteiger partial charge in [-0.2, -0.15) is 0 Å². The fourth-order valence-corrected chi connectivity index (χ4v) is 4.43. The van der Waals surface area contributed by atoms with Crippen LogP contribution in [0, 0.1) is 0 Å². The predicted molar refractivity (Wildman–Crippen MR) is 118 cm³/mol. The molecule has 162 valence electrons. The van der Waals surface area contributed by atoms with Crippen molar-refractivity contribution in [3.05, 3.63) is 29.6 Å². The average molecular weight is 412 g/mol. The van der Waals surface area contributed by atoms with Gasteiger partial charge in [0, 0.05) is 56.3 Å². The molecule has 0 spiro atoms. The Bertz CT molecular complexity index is 884. The molecule has 0 aromatic carbocycles. The van der Waals surface area contributed by atoms with Crippen LogP contribution in [0.4, 0.5) is 11.6 Å². The highest BCUT2D eigenvalue weighted by atomic mass is 16.1. The minimum Gasteiger partial charge on any atom is -0.356 e. The molecule has 2 aromatic heterocycles. The van der Waals surface area contributed by atoms with Crippen LogP contribution in [-0.4, -0.2) is 51.1 Å². The van der Waals surface area contributed by atoms with Crippen molar-refractivity contribution in [1.82, 2.24) is 24.8 Å². The fourth-order valence-electron chi connectivity index (χ4n) is 4.43. The Morgan fingerprint density at radius 1 is 1.23 bits per heavy atom. The van der Waals surface area contributed by atoms with Crippen molar-refractivity contribution in [2.75, 3.05) is 29.9 Å². The second-order valence-electron chi connectivity index (χ2n) is 8.58. The topological polar surface area (TPSA) is 88.0 Å². The first-order valence-corrected chi connectivity index (χ1v) is 11.2. The minimum atomic E-state index is 0.0383. The number of aromatic nitrogens is 4. The normalized spacial score (nSPS) is 17.3. The molecule has 1 fully saturated rings. The van der Waals surface area contributed by atoms with Gasteiger partial charge in [0.25, 0.3) is 0 Å². The third kappa shape index (κ3) is 4.48. The third-order valence-electron chi connectivity index (χ3n) is 6.07. The summed E-state index contributed by atoms with van der Waals surface area (Å²) in [5, 5.41) is 6.39. The van der Waals surface area contributed by atoms with Crippen LogP contribution in [0.5, 0.6) is 0 Å². The number of hydrogen-bond donors (Lipinski definition) is 2. The van der Waals surface area contributed by atoms with Gasteiger partial charge in [-0.05, 0) is 25.7 Å². The van der Waals surface area contributed by atoms with E-state index in [1.165, 1.54) is 11.5 Å². The largest absolute Gasteiger partial charge is 0.356 e. The number of piperidine rings is 1. The summed E-state index contributed by atoms with van der Waals surface area (Å²) in [6.45, 7) is 10.3. The van der Waals surface area contributed by atoms with Crippen LogP contribution < -0.4 is 15.5 Å². The van der Waals surface area contributed by atoms with Gasteiger partial charge in [-0.3, -0.25) is 4.79 Å². The average Bonchev–Trinajstić information content (AvgIpc) is 3.16. The predicted octanol–water partition coefficient (Wildman–Crippen LogP) is 2.50. The Kier molecular flexibility index (Phi) is 6.32. The van der Waals surface area contributed by atoms with Crippen molar-refractivity contribution < 1.29 is 4.79 Å². The van der Waals surface area contributed by atoms with Crippen LogP contribution in [0.2, 0.25) is 0 Å². The SMILES string of the molecule is CCc1cn(CCNC(C)C)c(C2CCN(c3ncnc4c3CCC(=O)N4)CC2)n1. The van der Waals surface area contributed by atoms with E-state index in [-0.39, 0.29) is 5.91 Å². The summed E-state index contributed by atoms with van der Waals surface area (Å²) in [6, 6.07) is 0.495. The van der Waals surface area contributed by atoms with Crippen LogP contribution in [0.15, 0.2) is 12.5 Å². The number of nitrogens with one attached hydrogen (secondary N) is 2. The van der Waals surface area contributed by atoms with Gasteiger partial charge < -0.3 is 20.1 Å². The molecule has 0 saturated carbocycles. The Morgan fingerprint density at radius 2 is 2.03 bits per heavy atom. The van der Waals surface area contributed by atoms with E-state index in [2.05, 4.69) is 57.0 Å². The number of anilines is 2. The lowest BCUT2D eigenvalue weighted by molar-refractivity contribution is -0.116. The van der Waals surface area contributed by atoms with E-state index in [9.17, 15) is 4.79 Å². The molecule has 4 rings (SSSR count). The molecule has 30 heavy (non-hydrogen) atoms. The van der Waals surface area contributed by atoms with Gasteiger partial charge >= 0.3 is 0 Å². The van der Waals surface area contributed by atoms with Gasteiger partial charge in [0.15, 0.2) is 0 Å². The maximum atomic E-state index is 11.7. The van der Waals surface area contributed by atoms with Crippen molar-refractivity contribution >= 4 is 17.5 Å². The molecule has 4 heterocycles. The molecule has 2 aliphatic heterocycles. The Morgan fingerprint density at radius 3 is 2.77 bits per heavy atom. The minimum absolute atomic E-state index is 0.0383. The summed E-state index contributed by atoms with van der Waals surface area (Å²) < 4.78 is 2.36. The second-order valence-corrected chi connectivity index (χ2v) is 8.58. The van der Waals surface area contributed by atoms with Gasteiger partial charge in [0.2, 0.25) is 5.91 Å². The fraction of sp³-hybridized carbons (Fsp3) is 0.636. The number of hydrogen-bond acceptors (Lipinski definition) is 6. The van der Waals surface area contributed by atoms with Gasteiger partial charge in [-0.15, -0.1) is 0 Å². The smallest absolute Gasteiger partial charge is 0.225 e. The van der Waals surface area contributed by atoms with Crippen molar-refractivity contribution in [3.63, 3.8) is 0 Å². The number of fused-ring (bicyclic) bond motifs is 1. The molecular weight excluding hydrogens is 378 g/mol. The molecule has 0 unspecified atom stereocenters. The standard InChI is InChI=1S/C22H33N7O/c1-4-17-13-29(12-9-23-15(2)3)21(26-17)16-7-10-28(11-8-16)22-18-5-6-19(30)27-20(18)24-14-25-22/h13-16,23H,4-12H2,1-3H3,(H,24,25,27,30). The van der Waals surface area contributed by atoms with Crippen LogP contribution in [-0.2, 0) is 24.2 Å². The quantitative estimate of drug-likeness (QED) is 0.728. The molecule has 8 heteroatoms. The molecule has 0 atom stereocenters. The summed E-state index contributed by atoms with van der Waals surface area (Å²) in [4.78, 5) is 27.8. The maximum Gasteiger partial charge on any atom is 0.225 e. The number of carbonyl (C=O) groups excluding carboxylic acids is 1. The highest BCUT2D eigenvalue weighted by molar-refractivity contribution is 5.93. The van der Waals surface area contributed by atoms with E-state index in [1.807, 2.05) is 0 Å². The highest BCUT2D eigenvalue weighted by Crippen LogP contribution is 2.33. The van der Waals surface area contributed by atoms with Crippen LogP contribution in [0.3, 0.4) is 0 Å². The van der Waals surface area contributed by atoms with Gasteiger partial charge in [0.1, 0.15) is 23.8 Å². The van der Waals surface area contributed by atoms with Crippen LogP contribution in [0.25, 0.3) is 0 Å². The van der Waals surface area contributed by atoms with Gasteiger partial charge in [-0.25, -0.2) is 15.0 Å². The van der Waals surface area contributed by atoms with E-state index in [0.29, 0.717) is 30.6 Å². The zero-order valence-corrected chi connectivity index (χ0v) is 18.3. The molecule has 2 aliphatic rings. The zero-order valence-electron chi connectivity index (χ0n) is 18.3. The number of carbonyl (C=O) groups is 1. The van der Waals surface area contributed by atoms with Gasteiger partial charge in [-0.1, -0.05) is 20.8 Å². The Balaban J connectivity index is 1.45. The van der Waals surface area contributed by atoms with Crippen molar-refractivity contribution in [2.45, 2.75) is 71.4 Å². The summed E-state index contributed by atoms with van der Waals surface area (Å²) >= 11 is 0. The second kappa shape index (κ2) is 9.12. The number of nitrogens with zero attached hydrogens (tertiary/aromatic N) is 5. The van der Waals surface area contributed by atoms with Crippen LogP contribution >= 0.6 is 0 Å². The zero-order chi connectivity index (χ0) is 21.1. The third-order valence-corrected chi connectivity index (χ3v) is 6.07. The number of rotatable bonds is 7. The van der Waals surface area contributed by atoms with E-state index < -0.39 is 0 Å². The molecular formula is C22H33N7O. The maximum absolute atomic E-state index is 11.7. The van der Waals surface area contributed by atoms with Crippen molar-refractivity contribution in [2.24, 2.45) is 0 Å². The van der Waals surface area contributed by atoms with Crippen molar-refractivity contribution in [3.8, 4) is 0 Å². The summed E-state index contributed by atoms with van der Waals surface area (Å²) in [5.41, 5.74) is 2.25. The molecule has 0 aliphatic carbocycles. The first kappa shape index (κ1) is 20.8. The molecule has 0 radical (unpaired) electrons. The highest BCUT2D eigenvalue weighted by Gasteiger charge is 2.28. The van der Waals surface area contributed by atoms with E-state index in [4.69, 9.17) is 4.98 Å². The molecule has 2 N–H and O–H groups in total. The van der Waals surface area contributed by atoms with E-state index in [0.717, 1.165) is 56.8 Å². The van der Waals surface area contributed by atoms with Crippen molar-refractivity contribution in [1.29, 1.82) is 0 Å². The van der Waals surface area contributed by atoms with Crippen LogP contribution in [0.1, 0.15) is 63.0 Å². The van der Waals surface area contributed by atoms with Gasteiger partial charge in [0.05, 0.1) is 5.69 Å². The summed E-state index contributed by atoms with van der Waals surface area (Å²) in [5.74, 6) is 3.40. The van der Waals surface area contributed by atoms with E-state index in [1.54, 1.807) is 6.33 Å². The lowest BCUT2D eigenvalue weighted by Crippen LogP contribution is -2.36. The first-order chi connectivity index (χ1) is 14.5. The number of amides is 1. The molecule has 0 bridgehead atoms. The Labute approximate surface area is 178 Å². The lowest BCUT2D eigenvalue weighted by atomic mass is 9.95. The Hall–Kier alpha value is -2.48. The summed E-state index contributed by atoms with van der Waals surface area (Å²) in [6.07, 6.45) is 8.10. The molecule has 2 aromatic rings. The number of aryl methyl sites for hydroxylation is 1. The molecule has 1 amide bonds.